The van der Waals surface area contributed by atoms with Gasteiger partial charge in [0.15, 0.2) is 5.78 Å². The second-order valence-electron chi connectivity index (χ2n) is 11.3. The van der Waals surface area contributed by atoms with Crippen LogP contribution >= 0.6 is 12.4 Å². The summed E-state index contributed by atoms with van der Waals surface area (Å²) in [6, 6.07) is 28.4. The number of hydrogen-bond acceptors (Lipinski definition) is 3. The van der Waals surface area contributed by atoms with Crippen LogP contribution in [0.2, 0.25) is 0 Å². The van der Waals surface area contributed by atoms with Crippen molar-refractivity contribution in [3.63, 3.8) is 0 Å². The highest BCUT2D eigenvalue weighted by Gasteiger charge is 2.41. The molecular formula is C33H42ClNO2. The Morgan fingerprint density at radius 2 is 1.30 bits per heavy atom. The van der Waals surface area contributed by atoms with E-state index in [1.54, 1.807) is 0 Å². The van der Waals surface area contributed by atoms with E-state index >= 15 is 0 Å². The molecule has 1 aliphatic rings. The smallest absolute Gasteiger partial charge is 0.162 e. The Hall–Kier alpha value is -2.46. The standard InChI is InChI=1S/C33H41NO2.ClH/c1-32(2,3)27-19-17-26(18-20-27)31(35)16-10-11-23-34-24-21-30(22-25-34)33(36,28-12-6-4-7-13-28)29-14-8-5-9-15-29;/h4-9,12-15,17-20,30,36H,10-11,16,21-25H2,1-3H3;1H. The number of ketones is 1. The molecule has 0 bridgehead atoms. The Balaban J connectivity index is 0.00000380. The zero-order valence-corrected chi connectivity index (χ0v) is 23.3. The van der Waals surface area contributed by atoms with Gasteiger partial charge in [-0.3, -0.25) is 4.79 Å². The summed E-state index contributed by atoms with van der Waals surface area (Å²) in [5.41, 5.74) is 3.17. The first-order chi connectivity index (χ1) is 17.3. The van der Waals surface area contributed by atoms with Crippen LogP contribution in [0, 0.1) is 5.92 Å². The van der Waals surface area contributed by atoms with Crippen LogP contribution in [0.4, 0.5) is 0 Å². The number of carbonyl (C=O) groups excluding carboxylic acids is 1. The van der Waals surface area contributed by atoms with Gasteiger partial charge in [0.05, 0.1) is 0 Å². The Kier molecular flexibility index (Phi) is 10.1. The topological polar surface area (TPSA) is 40.5 Å². The third-order valence-electron chi connectivity index (χ3n) is 7.81. The quantitative estimate of drug-likeness (QED) is 0.236. The van der Waals surface area contributed by atoms with Gasteiger partial charge in [-0.25, -0.2) is 0 Å². The minimum absolute atomic E-state index is 0. The molecule has 37 heavy (non-hydrogen) atoms. The molecule has 1 N–H and O–H groups in total. The van der Waals surface area contributed by atoms with Crippen molar-refractivity contribution in [3.8, 4) is 0 Å². The summed E-state index contributed by atoms with van der Waals surface area (Å²) in [7, 11) is 0. The molecular weight excluding hydrogens is 478 g/mol. The highest BCUT2D eigenvalue weighted by atomic mass is 35.5. The first-order valence-corrected chi connectivity index (χ1v) is 13.5. The van der Waals surface area contributed by atoms with E-state index in [1.807, 2.05) is 72.8 Å². The van der Waals surface area contributed by atoms with Gasteiger partial charge < -0.3 is 10.0 Å². The number of Topliss-reactive ketones (excluding diaryl/α,β-unsaturated/α-hetero) is 1. The number of rotatable bonds is 9. The predicted octanol–water partition coefficient (Wildman–Crippen LogP) is 7.41. The van der Waals surface area contributed by atoms with Crippen molar-refractivity contribution in [2.45, 2.75) is 63.9 Å². The Morgan fingerprint density at radius 3 is 1.78 bits per heavy atom. The largest absolute Gasteiger partial charge is 0.380 e. The molecule has 4 rings (SSSR count). The molecule has 0 amide bonds. The molecule has 0 saturated carbocycles. The van der Waals surface area contributed by atoms with Crippen molar-refractivity contribution in [1.29, 1.82) is 0 Å². The van der Waals surface area contributed by atoms with E-state index in [1.165, 1.54) is 5.56 Å². The Morgan fingerprint density at radius 1 is 0.784 bits per heavy atom. The molecule has 1 fully saturated rings. The first kappa shape index (κ1) is 29.1. The number of benzene rings is 3. The molecule has 0 aromatic heterocycles. The Bertz CT molecular complexity index is 1060. The second-order valence-corrected chi connectivity index (χ2v) is 11.3. The lowest BCUT2D eigenvalue weighted by molar-refractivity contribution is -0.0143. The highest BCUT2D eigenvalue weighted by molar-refractivity contribution is 5.96. The van der Waals surface area contributed by atoms with Crippen LogP contribution in [-0.2, 0) is 11.0 Å². The third-order valence-corrected chi connectivity index (χ3v) is 7.81. The number of carbonyl (C=O) groups is 1. The monoisotopic (exact) mass is 519 g/mol. The maximum atomic E-state index is 12.6. The lowest BCUT2D eigenvalue weighted by Crippen LogP contribution is -2.44. The van der Waals surface area contributed by atoms with Crippen molar-refractivity contribution >= 4 is 18.2 Å². The molecule has 198 valence electrons. The number of halogens is 1. The Labute approximate surface area is 229 Å². The normalized spacial score (nSPS) is 15.2. The van der Waals surface area contributed by atoms with E-state index in [4.69, 9.17) is 0 Å². The fraction of sp³-hybridized carbons (Fsp3) is 0.424. The average molecular weight is 520 g/mol. The van der Waals surface area contributed by atoms with Crippen LogP contribution in [0.5, 0.6) is 0 Å². The van der Waals surface area contributed by atoms with Gasteiger partial charge in [-0.15, -0.1) is 12.4 Å². The summed E-state index contributed by atoms with van der Waals surface area (Å²) >= 11 is 0. The van der Waals surface area contributed by atoms with E-state index in [0.717, 1.165) is 62.0 Å². The van der Waals surface area contributed by atoms with Gasteiger partial charge in [0.1, 0.15) is 5.60 Å². The second kappa shape index (κ2) is 12.9. The van der Waals surface area contributed by atoms with Crippen LogP contribution in [0.25, 0.3) is 0 Å². The molecule has 1 saturated heterocycles. The van der Waals surface area contributed by atoms with E-state index in [-0.39, 0.29) is 29.5 Å². The van der Waals surface area contributed by atoms with Crippen molar-refractivity contribution < 1.29 is 9.90 Å². The number of piperidine rings is 1. The maximum absolute atomic E-state index is 12.6. The average Bonchev–Trinajstić information content (AvgIpc) is 2.91. The van der Waals surface area contributed by atoms with Gasteiger partial charge in [-0.2, -0.15) is 0 Å². The predicted molar refractivity (Wildman–Crippen MR) is 156 cm³/mol. The molecule has 0 unspecified atom stereocenters. The fourth-order valence-corrected chi connectivity index (χ4v) is 5.52. The van der Waals surface area contributed by atoms with Gasteiger partial charge in [0, 0.05) is 12.0 Å². The molecule has 1 heterocycles. The summed E-state index contributed by atoms with van der Waals surface area (Å²) in [4.78, 5) is 15.1. The van der Waals surface area contributed by atoms with Gasteiger partial charge in [-0.1, -0.05) is 106 Å². The molecule has 0 spiro atoms. The number of unbranched alkanes of at least 4 members (excludes halogenated alkanes) is 1. The van der Waals surface area contributed by atoms with Crippen molar-refractivity contribution in [1.82, 2.24) is 4.90 Å². The van der Waals surface area contributed by atoms with Crippen molar-refractivity contribution in [3.05, 3.63) is 107 Å². The van der Waals surface area contributed by atoms with Crippen molar-refractivity contribution in [2.75, 3.05) is 19.6 Å². The molecule has 4 heteroatoms. The van der Waals surface area contributed by atoms with Gasteiger partial charge in [0.25, 0.3) is 0 Å². The minimum atomic E-state index is -0.969. The molecule has 3 nitrogen and oxygen atoms in total. The third kappa shape index (κ3) is 7.10. The van der Waals surface area contributed by atoms with Crippen LogP contribution in [0.1, 0.15) is 79.9 Å². The number of hydrogen-bond donors (Lipinski definition) is 1. The maximum Gasteiger partial charge on any atom is 0.162 e. The molecule has 3 aromatic carbocycles. The molecule has 0 atom stereocenters. The van der Waals surface area contributed by atoms with Gasteiger partial charge >= 0.3 is 0 Å². The van der Waals surface area contributed by atoms with E-state index in [2.05, 4.69) is 37.8 Å². The minimum Gasteiger partial charge on any atom is -0.380 e. The van der Waals surface area contributed by atoms with Crippen LogP contribution in [0.15, 0.2) is 84.9 Å². The summed E-state index contributed by atoms with van der Waals surface area (Å²) in [5, 5.41) is 12.1. The van der Waals surface area contributed by atoms with Crippen molar-refractivity contribution in [2.24, 2.45) is 5.92 Å². The lowest BCUT2D eigenvalue weighted by Gasteiger charge is -2.42. The van der Waals surface area contributed by atoms with E-state index in [9.17, 15) is 9.90 Å². The number of likely N-dealkylation sites (tertiary alicyclic amines) is 1. The zero-order valence-electron chi connectivity index (χ0n) is 22.5. The summed E-state index contributed by atoms with van der Waals surface area (Å²) < 4.78 is 0. The first-order valence-electron chi connectivity index (χ1n) is 13.5. The summed E-state index contributed by atoms with van der Waals surface area (Å²) in [6.07, 6.45) is 4.46. The summed E-state index contributed by atoms with van der Waals surface area (Å²) in [6.45, 7) is 9.55. The van der Waals surface area contributed by atoms with Crippen LogP contribution in [0.3, 0.4) is 0 Å². The van der Waals surface area contributed by atoms with Gasteiger partial charge in [-0.05, 0) is 73.3 Å². The zero-order chi connectivity index (χ0) is 25.6. The lowest BCUT2D eigenvalue weighted by atomic mass is 9.72. The van der Waals surface area contributed by atoms with E-state index in [0.29, 0.717) is 6.42 Å². The van der Waals surface area contributed by atoms with E-state index < -0.39 is 5.60 Å². The molecule has 0 aliphatic carbocycles. The summed E-state index contributed by atoms with van der Waals surface area (Å²) in [5.74, 6) is 0.418. The number of nitrogens with zero attached hydrogens (tertiary/aromatic N) is 1. The van der Waals surface area contributed by atoms with Gasteiger partial charge in [0.2, 0.25) is 0 Å². The molecule has 3 aromatic rings. The number of aliphatic hydroxyl groups is 1. The van der Waals surface area contributed by atoms with Crippen LogP contribution in [-0.4, -0.2) is 35.4 Å². The highest BCUT2D eigenvalue weighted by Crippen LogP contribution is 2.41. The fourth-order valence-electron chi connectivity index (χ4n) is 5.52. The SMILES string of the molecule is CC(C)(C)c1ccc(C(=O)CCCCN2CCC(C(O)(c3ccccc3)c3ccccc3)CC2)cc1.Cl. The molecule has 0 radical (unpaired) electrons. The molecule has 1 aliphatic heterocycles. The van der Waals surface area contributed by atoms with Crippen LogP contribution < -0.4 is 0 Å².